The molecule has 3 rings (SSSR count). The minimum Gasteiger partial charge on any atom is -0.399 e. The summed E-state index contributed by atoms with van der Waals surface area (Å²) in [5, 5.41) is 0. The molecule has 0 unspecified atom stereocenters. The molecule has 2 aromatic rings. The van der Waals surface area contributed by atoms with Gasteiger partial charge in [0.1, 0.15) is 0 Å². The fourth-order valence-electron chi connectivity index (χ4n) is 2.65. The van der Waals surface area contributed by atoms with E-state index < -0.39 is 0 Å². The van der Waals surface area contributed by atoms with Crippen LogP contribution in [0.5, 0.6) is 0 Å². The molecule has 18 heavy (non-hydrogen) atoms. The molecule has 1 fully saturated rings. The molecular weight excluding hydrogens is 218 g/mol. The SMILES string of the molecule is Cc1ccc(N)cc1-c1cccc(C2CCC2)c1. The summed E-state index contributed by atoms with van der Waals surface area (Å²) in [6.07, 6.45) is 4.07. The van der Waals surface area contributed by atoms with Gasteiger partial charge in [-0.2, -0.15) is 0 Å². The molecule has 2 N–H and O–H groups in total. The predicted octanol–water partition coefficient (Wildman–Crippen LogP) is 4.51. The lowest BCUT2D eigenvalue weighted by Crippen LogP contribution is -2.08. The molecule has 1 heteroatoms. The first-order chi connectivity index (χ1) is 8.74. The van der Waals surface area contributed by atoms with E-state index in [1.807, 2.05) is 6.07 Å². The molecule has 0 amide bonds. The number of nitrogen functional groups attached to an aromatic ring is 1. The van der Waals surface area contributed by atoms with E-state index in [-0.39, 0.29) is 0 Å². The van der Waals surface area contributed by atoms with Crippen LogP contribution in [-0.2, 0) is 0 Å². The first kappa shape index (κ1) is 11.3. The van der Waals surface area contributed by atoms with Gasteiger partial charge in [0.25, 0.3) is 0 Å². The van der Waals surface area contributed by atoms with Gasteiger partial charge in [-0.15, -0.1) is 0 Å². The smallest absolute Gasteiger partial charge is 0.0320 e. The average Bonchev–Trinajstić information content (AvgIpc) is 2.30. The molecule has 0 bridgehead atoms. The van der Waals surface area contributed by atoms with Crippen LogP contribution in [0.3, 0.4) is 0 Å². The van der Waals surface area contributed by atoms with Gasteiger partial charge in [-0.05, 0) is 60.1 Å². The number of anilines is 1. The second-order valence-corrected chi connectivity index (χ2v) is 5.33. The summed E-state index contributed by atoms with van der Waals surface area (Å²) in [6.45, 7) is 2.14. The van der Waals surface area contributed by atoms with Crippen molar-refractivity contribution < 1.29 is 0 Å². The summed E-state index contributed by atoms with van der Waals surface area (Å²) in [6, 6.07) is 15.1. The van der Waals surface area contributed by atoms with Crippen molar-refractivity contribution in [3.05, 3.63) is 53.6 Å². The molecule has 1 nitrogen and oxygen atoms in total. The van der Waals surface area contributed by atoms with E-state index in [1.54, 1.807) is 0 Å². The zero-order valence-electron chi connectivity index (χ0n) is 10.8. The maximum atomic E-state index is 5.90. The maximum Gasteiger partial charge on any atom is 0.0320 e. The fraction of sp³-hybridized carbons (Fsp3) is 0.294. The zero-order valence-corrected chi connectivity index (χ0v) is 10.8. The second-order valence-electron chi connectivity index (χ2n) is 5.33. The topological polar surface area (TPSA) is 26.0 Å². The molecule has 0 aromatic heterocycles. The monoisotopic (exact) mass is 237 g/mol. The highest BCUT2D eigenvalue weighted by molar-refractivity contribution is 5.71. The molecule has 1 aliphatic carbocycles. The summed E-state index contributed by atoms with van der Waals surface area (Å²) < 4.78 is 0. The van der Waals surface area contributed by atoms with Crippen LogP contribution in [0, 0.1) is 6.92 Å². The van der Waals surface area contributed by atoms with E-state index in [4.69, 9.17) is 5.73 Å². The third kappa shape index (κ3) is 2.01. The Balaban J connectivity index is 2.02. The quantitative estimate of drug-likeness (QED) is 0.764. The first-order valence-electron chi connectivity index (χ1n) is 6.70. The molecule has 0 radical (unpaired) electrons. The van der Waals surface area contributed by atoms with Crippen LogP contribution in [-0.4, -0.2) is 0 Å². The largest absolute Gasteiger partial charge is 0.399 e. The zero-order chi connectivity index (χ0) is 12.5. The maximum absolute atomic E-state index is 5.90. The van der Waals surface area contributed by atoms with E-state index in [9.17, 15) is 0 Å². The van der Waals surface area contributed by atoms with Crippen molar-refractivity contribution in [2.24, 2.45) is 0 Å². The number of benzene rings is 2. The molecule has 0 saturated heterocycles. The van der Waals surface area contributed by atoms with Crippen molar-refractivity contribution >= 4 is 5.69 Å². The third-order valence-corrected chi connectivity index (χ3v) is 4.04. The van der Waals surface area contributed by atoms with E-state index in [0.717, 1.165) is 11.6 Å². The number of rotatable bonds is 2. The standard InChI is InChI=1S/C17H19N/c1-12-8-9-16(18)11-17(12)15-7-3-6-14(10-15)13-4-2-5-13/h3,6-11,13H,2,4-5,18H2,1H3. The molecule has 0 heterocycles. The number of hydrogen-bond acceptors (Lipinski definition) is 1. The van der Waals surface area contributed by atoms with Crippen molar-refractivity contribution in [3.8, 4) is 11.1 Å². The van der Waals surface area contributed by atoms with Gasteiger partial charge in [0.05, 0.1) is 0 Å². The summed E-state index contributed by atoms with van der Waals surface area (Å²) in [5.41, 5.74) is 12.1. The number of nitrogens with two attached hydrogens (primary N) is 1. The van der Waals surface area contributed by atoms with Gasteiger partial charge in [-0.3, -0.25) is 0 Å². The second kappa shape index (κ2) is 4.49. The summed E-state index contributed by atoms with van der Waals surface area (Å²) in [7, 11) is 0. The molecule has 0 atom stereocenters. The lowest BCUT2D eigenvalue weighted by molar-refractivity contribution is 0.420. The Morgan fingerprint density at radius 1 is 1.06 bits per heavy atom. The Kier molecular flexibility index (Phi) is 2.83. The normalized spacial score (nSPS) is 15.4. The molecular formula is C17H19N. The lowest BCUT2D eigenvalue weighted by Gasteiger charge is -2.26. The van der Waals surface area contributed by atoms with Crippen molar-refractivity contribution in [1.82, 2.24) is 0 Å². The molecule has 1 saturated carbocycles. The minimum atomic E-state index is 0.784. The van der Waals surface area contributed by atoms with Crippen molar-refractivity contribution in [2.45, 2.75) is 32.1 Å². The van der Waals surface area contributed by atoms with Crippen molar-refractivity contribution in [2.75, 3.05) is 5.73 Å². The Morgan fingerprint density at radius 3 is 2.61 bits per heavy atom. The predicted molar refractivity (Wildman–Crippen MR) is 77.6 cm³/mol. The highest BCUT2D eigenvalue weighted by atomic mass is 14.5. The van der Waals surface area contributed by atoms with Gasteiger partial charge in [-0.1, -0.05) is 36.8 Å². The van der Waals surface area contributed by atoms with Gasteiger partial charge in [0, 0.05) is 5.69 Å². The van der Waals surface area contributed by atoms with Crippen LogP contribution >= 0.6 is 0 Å². The van der Waals surface area contributed by atoms with Crippen LogP contribution in [0.1, 0.15) is 36.3 Å². The van der Waals surface area contributed by atoms with Crippen LogP contribution in [0.2, 0.25) is 0 Å². The molecule has 0 spiro atoms. The molecule has 1 aliphatic rings. The summed E-state index contributed by atoms with van der Waals surface area (Å²) in [4.78, 5) is 0. The number of aryl methyl sites for hydroxylation is 1. The highest BCUT2D eigenvalue weighted by Gasteiger charge is 2.19. The van der Waals surface area contributed by atoms with Crippen molar-refractivity contribution in [3.63, 3.8) is 0 Å². The van der Waals surface area contributed by atoms with E-state index in [0.29, 0.717) is 0 Å². The molecule has 2 aromatic carbocycles. The Labute approximate surface area is 109 Å². The van der Waals surface area contributed by atoms with Gasteiger partial charge < -0.3 is 5.73 Å². The van der Waals surface area contributed by atoms with Gasteiger partial charge in [-0.25, -0.2) is 0 Å². The van der Waals surface area contributed by atoms with Crippen LogP contribution in [0.15, 0.2) is 42.5 Å². The van der Waals surface area contributed by atoms with E-state index in [1.165, 1.54) is 41.5 Å². The fourth-order valence-corrected chi connectivity index (χ4v) is 2.65. The minimum absolute atomic E-state index is 0.784. The average molecular weight is 237 g/mol. The lowest BCUT2D eigenvalue weighted by atomic mass is 9.79. The molecule has 0 aliphatic heterocycles. The summed E-state index contributed by atoms with van der Waals surface area (Å²) in [5.74, 6) is 0.784. The first-order valence-corrected chi connectivity index (χ1v) is 6.70. The van der Waals surface area contributed by atoms with Gasteiger partial charge in [0.15, 0.2) is 0 Å². The Hall–Kier alpha value is -1.76. The summed E-state index contributed by atoms with van der Waals surface area (Å²) >= 11 is 0. The van der Waals surface area contributed by atoms with Crippen LogP contribution < -0.4 is 5.73 Å². The van der Waals surface area contributed by atoms with Gasteiger partial charge >= 0.3 is 0 Å². The van der Waals surface area contributed by atoms with E-state index >= 15 is 0 Å². The van der Waals surface area contributed by atoms with Gasteiger partial charge in [0.2, 0.25) is 0 Å². The number of hydrogen-bond donors (Lipinski definition) is 1. The Bertz CT molecular complexity index is 568. The Morgan fingerprint density at radius 2 is 1.89 bits per heavy atom. The highest BCUT2D eigenvalue weighted by Crippen LogP contribution is 2.38. The third-order valence-electron chi connectivity index (χ3n) is 4.04. The van der Waals surface area contributed by atoms with Crippen LogP contribution in [0.25, 0.3) is 11.1 Å². The molecule has 92 valence electrons. The van der Waals surface area contributed by atoms with Crippen LogP contribution in [0.4, 0.5) is 5.69 Å². The van der Waals surface area contributed by atoms with Crippen molar-refractivity contribution in [1.29, 1.82) is 0 Å². The van der Waals surface area contributed by atoms with E-state index in [2.05, 4.69) is 43.3 Å².